The fourth-order valence-corrected chi connectivity index (χ4v) is 3.75. The minimum absolute atomic E-state index is 0. The van der Waals surface area contributed by atoms with Crippen LogP contribution in [0.3, 0.4) is 0 Å². The first kappa shape index (κ1) is 15.9. The van der Waals surface area contributed by atoms with Crippen molar-refractivity contribution < 1.29 is 8.42 Å². The van der Waals surface area contributed by atoms with Crippen molar-refractivity contribution in [3.8, 4) is 0 Å². The van der Waals surface area contributed by atoms with Crippen LogP contribution < -0.4 is 5.73 Å². The van der Waals surface area contributed by atoms with E-state index in [0.29, 0.717) is 18.0 Å². The molecule has 2 N–H and O–H groups in total. The fraction of sp³-hybridized carbons (Fsp3) is 0.455. The van der Waals surface area contributed by atoms with Crippen molar-refractivity contribution in [3.05, 3.63) is 28.7 Å². The summed E-state index contributed by atoms with van der Waals surface area (Å²) in [6.07, 6.45) is 1.73. The third-order valence-electron chi connectivity index (χ3n) is 2.87. The van der Waals surface area contributed by atoms with Gasteiger partial charge in [-0.05, 0) is 37.1 Å². The summed E-state index contributed by atoms with van der Waals surface area (Å²) in [5.41, 5.74) is 5.81. The summed E-state index contributed by atoms with van der Waals surface area (Å²) in [6, 6.07) is 6.64. The Balaban J connectivity index is 0.00000162. The maximum Gasteiger partial charge on any atom is 0.243 e. The van der Waals surface area contributed by atoms with Gasteiger partial charge in [0.2, 0.25) is 10.0 Å². The van der Waals surface area contributed by atoms with E-state index in [4.69, 9.17) is 5.73 Å². The van der Waals surface area contributed by atoms with E-state index in [-0.39, 0.29) is 18.4 Å². The number of sulfonamides is 1. The Bertz CT molecular complexity index is 492. The fourth-order valence-electron chi connectivity index (χ4n) is 1.95. The first-order valence-corrected chi connectivity index (χ1v) is 7.75. The minimum atomic E-state index is -3.38. The molecule has 18 heavy (non-hydrogen) atoms. The van der Waals surface area contributed by atoms with Gasteiger partial charge in [-0.1, -0.05) is 15.9 Å². The van der Waals surface area contributed by atoms with Gasteiger partial charge in [0, 0.05) is 23.6 Å². The van der Waals surface area contributed by atoms with E-state index in [0.717, 1.165) is 17.3 Å². The van der Waals surface area contributed by atoms with Gasteiger partial charge >= 0.3 is 0 Å². The molecule has 0 aromatic heterocycles. The van der Waals surface area contributed by atoms with Gasteiger partial charge in [-0.25, -0.2) is 8.42 Å². The number of benzene rings is 1. The summed E-state index contributed by atoms with van der Waals surface area (Å²) in [4.78, 5) is 0.329. The number of nitrogens with zero attached hydrogens (tertiary/aromatic N) is 1. The molecule has 1 saturated heterocycles. The predicted molar refractivity (Wildman–Crippen MR) is 77.4 cm³/mol. The van der Waals surface area contributed by atoms with E-state index >= 15 is 0 Å². The van der Waals surface area contributed by atoms with Crippen LogP contribution in [-0.4, -0.2) is 31.9 Å². The summed E-state index contributed by atoms with van der Waals surface area (Å²) in [7, 11) is -3.38. The lowest BCUT2D eigenvalue weighted by molar-refractivity contribution is 0.316. The molecule has 0 unspecified atom stereocenters. The van der Waals surface area contributed by atoms with Crippen LogP contribution in [0.1, 0.15) is 12.8 Å². The van der Waals surface area contributed by atoms with Gasteiger partial charge in [0.25, 0.3) is 0 Å². The Kier molecular flexibility index (Phi) is 5.61. The number of nitrogens with two attached hydrogens (primary N) is 1. The maximum atomic E-state index is 12.3. The van der Waals surface area contributed by atoms with Gasteiger partial charge in [0.1, 0.15) is 0 Å². The second-order valence-corrected chi connectivity index (χ2v) is 7.07. The van der Waals surface area contributed by atoms with Crippen molar-refractivity contribution in [2.75, 3.05) is 13.1 Å². The topological polar surface area (TPSA) is 63.4 Å². The van der Waals surface area contributed by atoms with E-state index in [1.807, 2.05) is 0 Å². The van der Waals surface area contributed by atoms with Crippen molar-refractivity contribution >= 4 is 38.4 Å². The molecule has 1 aliphatic rings. The van der Waals surface area contributed by atoms with Crippen LogP contribution in [0, 0.1) is 0 Å². The van der Waals surface area contributed by atoms with Crippen molar-refractivity contribution in [3.63, 3.8) is 0 Å². The molecule has 1 fully saturated rings. The van der Waals surface area contributed by atoms with E-state index in [1.54, 1.807) is 24.3 Å². The zero-order valence-corrected chi connectivity index (χ0v) is 13.0. The van der Waals surface area contributed by atoms with Gasteiger partial charge in [-0.3, -0.25) is 0 Å². The Morgan fingerprint density at radius 3 is 2.44 bits per heavy atom. The van der Waals surface area contributed by atoms with Crippen LogP contribution in [-0.2, 0) is 10.0 Å². The Morgan fingerprint density at radius 1 is 1.28 bits per heavy atom. The van der Waals surface area contributed by atoms with Gasteiger partial charge in [0.05, 0.1) is 4.90 Å². The van der Waals surface area contributed by atoms with E-state index in [1.165, 1.54) is 4.31 Å². The third kappa shape index (κ3) is 3.45. The van der Waals surface area contributed by atoms with E-state index < -0.39 is 10.0 Å². The molecule has 2 rings (SSSR count). The number of hydrogen-bond donors (Lipinski definition) is 1. The van der Waals surface area contributed by atoms with Gasteiger partial charge in [-0.2, -0.15) is 4.31 Å². The number of hydrogen-bond acceptors (Lipinski definition) is 3. The Labute approximate surface area is 122 Å². The molecule has 1 aromatic rings. The molecule has 0 saturated carbocycles. The first-order chi connectivity index (χ1) is 8.00. The molecule has 7 heteroatoms. The number of piperidine rings is 1. The van der Waals surface area contributed by atoms with Crippen LogP contribution in [0.2, 0.25) is 0 Å². The van der Waals surface area contributed by atoms with Crippen LogP contribution >= 0.6 is 28.3 Å². The largest absolute Gasteiger partial charge is 0.327 e. The van der Waals surface area contributed by atoms with Crippen LogP contribution in [0.25, 0.3) is 0 Å². The smallest absolute Gasteiger partial charge is 0.243 e. The van der Waals surface area contributed by atoms with Gasteiger partial charge in [-0.15, -0.1) is 12.4 Å². The third-order valence-corrected chi connectivity index (χ3v) is 5.28. The highest BCUT2D eigenvalue weighted by molar-refractivity contribution is 9.10. The summed E-state index contributed by atoms with van der Waals surface area (Å²) >= 11 is 3.29. The van der Waals surface area contributed by atoms with Crippen LogP contribution in [0.5, 0.6) is 0 Å². The van der Waals surface area contributed by atoms with Crippen LogP contribution in [0.4, 0.5) is 0 Å². The van der Waals surface area contributed by atoms with Crippen molar-refractivity contribution in [1.29, 1.82) is 0 Å². The standard InChI is InChI=1S/C11H15BrN2O2S.ClH/c12-9-3-5-11(6-4-9)17(15,16)14-7-1-2-10(13)8-14;/h3-6,10H,1-2,7-8,13H2;1H/t10-;/m1./s1. The quantitative estimate of drug-likeness (QED) is 0.882. The number of rotatable bonds is 2. The molecular formula is C11H16BrClN2O2S. The molecule has 4 nitrogen and oxygen atoms in total. The second-order valence-electron chi connectivity index (χ2n) is 4.22. The molecule has 0 spiro atoms. The lowest BCUT2D eigenvalue weighted by atomic mass is 10.1. The highest BCUT2D eigenvalue weighted by Crippen LogP contribution is 2.21. The maximum absolute atomic E-state index is 12.3. The lowest BCUT2D eigenvalue weighted by Crippen LogP contribution is -2.45. The predicted octanol–water partition coefficient (Wildman–Crippen LogP) is 1.98. The molecule has 0 bridgehead atoms. The van der Waals surface area contributed by atoms with E-state index in [2.05, 4.69) is 15.9 Å². The molecule has 0 aliphatic carbocycles. The van der Waals surface area contributed by atoms with Gasteiger partial charge in [0.15, 0.2) is 0 Å². The second kappa shape index (κ2) is 6.34. The molecule has 1 aromatic carbocycles. The number of halogens is 2. The highest BCUT2D eigenvalue weighted by atomic mass is 79.9. The average molecular weight is 356 g/mol. The molecule has 0 amide bonds. The summed E-state index contributed by atoms with van der Waals surface area (Å²) in [5.74, 6) is 0. The summed E-state index contributed by atoms with van der Waals surface area (Å²) in [5, 5.41) is 0. The molecule has 1 aliphatic heterocycles. The minimum Gasteiger partial charge on any atom is -0.327 e. The highest BCUT2D eigenvalue weighted by Gasteiger charge is 2.28. The van der Waals surface area contributed by atoms with Crippen LogP contribution in [0.15, 0.2) is 33.6 Å². The monoisotopic (exact) mass is 354 g/mol. The SMILES string of the molecule is Cl.N[C@@H]1CCCN(S(=O)(=O)c2ccc(Br)cc2)C1. The summed E-state index contributed by atoms with van der Waals surface area (Å²) < 4.78 is 26.9. The normalized spacial score (nSPS) is 21.3. The molecule has 0 radical (unpaired) electrons. The van der Waals surface area contributed by atoms with Crippen molar-refractivity contribution in [1.82, 2.24) is 4.31 Å². The Morgan fingerprint density at radius 2 is 1.89 bits per heavy atom. The lowest BCUT2D eigenvalue weighted by Gasteiger charge is -2.29. The van der Waals surface area contributed by atoms with Gasteiger partial charge < -0.3 is 5.73 Å². The summed E-state index contributed by atoms with van der Waals surface area (Å²) in [6.45, 7) is 0.977. The zero-order valence-electron chi connectivity index (χ0n) is 9.75. The van der Waals surface area contributed by atoms with E-state index in [9.17, 15) is 8.42 Å². The molecule has 1 atom stereocenters. The average Bonchev–Trinajstić information content (AvgIpc) is 2.29. The molecule has 102 valence electrons. The zero-order chi connectivity index (χ0) is 12.5. The first-order valence-electron chi connectivity index (χ1n) is 5.51. The molecule has 1 heterocycles. The Hall–Kier alpha value is -0.140. The molecular weight excluding hydrogens is 340 g/mol. The van der Waals surface area contributed by atoms with Crippen molar-refractivity contribution in [2.24, 2.45) is 5.73 Å². The van der Waals surface area contributed by atoms with Crippen molar-refractivity contribution in [2.45, 2.75) is 23.8 Å².